The van der Waals surface area contributed by atoms with Crippen molar-refractivity contribution >= 4 is 5.91 Å². The van der Waals surface area contributed by atoms with Crippen molar-refractivity contribution in [1.82, 2.24) is 10.2 Å². The van der Waals surface area contributed by atoms with Crippen molar-refractivity contribution in [3.05, 3.63) is 35.4 Å². The number of nitrogens with zero attached hydrogens (tertiary/aromatic N) is 1. The second-order valence-electron chi connectivity index (χ2n) is 5.12. The van der Waals surface area contributed by atoms with Crippen molar-refractivity contribution in [2.24, 2.45) is 5.73 Å². The maximum absolute atomic E-state index is 11.9. The zero-order chi connectivity index (χ0) is 13.7. The van der Waals surface area contributed by atoms with Gasteiger partial charge in [0.15, 0.2) is 0 Å². The molecule has 0 saturated carbocycles. The lowest BCUT2D eigenvalue weighted by Gasteiger charge is -2.34. The molecule has 3 N–H and O–H groups in total. The van der Waals surface area contributed by atoms with Gasteiger partial charge in [-0.05, 0) is 30.5 Å². The van der Waals surface area contributed by atoms with Crippen molar-refractivity contribution in [2.75, 3.05) is 13.6 Å². The number of carbonyl (C=O) groups is 1. The molecule has 1 aromatic carbocycles. The number of likely N-dealkylation sites (N-methyl/N-ethyl adjacent to an activating group) is 1. The average Bonchev–Trinajstić information content (AvgIpc) is 2.48. The smallest absolute Gasteiger partial charge is 0.237 e. The molecule has 0 aliphatic carbocycles. The van der Waals surface area contributed by atoms with E-state index < -0.39 is 0 Å². The van der Waals surface area contributed by atoms with Gasteiger partial charge in [-0.25, -0.2) is 0 Å². The van der Waals surface area contributed by atoms with E-state index in [0.717, 1.165) is 31.5 Å². The molecule has 1 saturated heterocycles. The molecule has 4 heteroatoms. The number of nitrogens with one attached hydrogen (secondary N) is 1. The van der Waals surface area contributed by atoms with Crippen LogP contribution in [-0.4, -0.2) is 30.4 Å². The third-order valence-electron chi connectivity index (χ3n) is 3.81. The molecule has 1 aromatic rings. The summed E-state index contributed by atoms with van der Waals surface area (Å²) in [5, 5.41) is 2.77. The number of carbonyl (C=O) groups excluding carboxylic acids is 1. The molecule has 0 bridgehead atoms. The first kappa shape index (κ1) is 14.0. The van der Waals surface area contributed by atoms with Gasteiger partial charge in [-0.15, -0.1) is 0 Å². The Kier molecular flexibility index (Phi) is 4.93. The molecule has 104 valence electrons. The van der Waals surface area contributed by atoms with Crippen molar-refractivity contribution in [2.45, 2.75) is 38.4 Å². The Balaban J connectivity index is 2.03. The van der Waals surface area contributed by atoms with Gasteiger partial charge in [0.05, 0.1) is 6.04 Å². The Morgan fingerprint density at radius 1 is 1.32 bits per heavy atom. The van der Waals surface area contributed by atoms with Crippen LogP contribution in [0.3, 0.4) is 0 Å². The van der Waals surface area contributed by atoms with Gasteiger partial charge in [0.25, 0.3) is 0 Å². The first-order chi connectivity index (χ1) is 9.24. The van der Waals surface area contributed by atoms with Gasteiger partial charge in [0, 0.05) is 20.1 Å². The molecule has 1 aliphatic rings. The molecule has 19 heavy (non-hydrogen) atoms. The van der Waals surface area contributed by atoms with Gasteiger partial charge in [0.2, 0.25) is 5.91 Å². The summed E-state index contributed by atoms with van der Waals surface area (Å²) in [5.41, 5.74) is 7.99. The minimum absolute atomic E-state index is 0.0212. The van der Waals surface area contributed by atoms with Gasteiger partial charge < -0.3 is 11.1 Å². The van der Waals surface area contributed by atoms with E-state index >= 15 is 0 Å². The Labute approximate surface area is 115 Å². The highest BCUT2D eigenvalue weighted by Gasteiger charge is 2.27. The average molecular weight is 261 g/mol. The summed E-state index contributed by atoms with van der Waals surface area (Å²) in [5.74, 6) is 0.137. The van der Waals surface area contributed by atoms with E-state index in [2.05, 4.69) is 34.5 Å². The third kappa shape index (κ3) is 3.55. The number of nitrogens with two attached hydrogens (primary N) is 1. The normalized spacial score (nSPS) is 20.2. The molecular formula is C15H23N3O. The Bertz CT molecular complexity index is 416. The number of piperidine rings is 1. The van der Waals surface area contributed by atoms with E-state index in [1.54, 1.807) is 7.05 Å². The van der Waals surface area contributed by atoms with E-state index in [1.165, 1.54) is 12.0 Å². The molecule has 0 aromatic heterocycles. The number of likely N-dealkylation sites (tertiary alicyclic amines) is 1. The molecule has 1 heterocycles. The fraction of sp³-hybridized carbons (Fsp3) is 0.533. The van der Waals surface area contributed by atoms with Gasteiger partial charge in [-0.3, -0.25) is 9.69 Å². The van der Waals surface area contributed by atoms with E-state index in [4.69, 9.17) is 5.73 Å². The zero-order valence-corrected chi connectivity index (χ0v) is 11.6. The quantitative estimate of drug-likeness (QED) is 0.857. The highest BCUT2D eigenvalue weighted by atomic mass is 16.2. The molecule has 1 unspecified atom stereocenters. The van der Waals surface area contributed by atoms with Crippen molar-refractivity contribution in [3.8, 4) is 0 Å². The maximum Gasteiger partial charge on any atom is 0.237 e. The SMILES string of the molecule is CNC(=O)C1CCCCN1Cc1ccc(CN)cc1. The number of benzene rings is 1. The number of hydrogen-bond acceptors (Lipinski definition) is 3. The van der Waals surface area contributed by atoms with Crippen LogP contribution in [0.2, 0.25) is 0 Å². The number of hydrogen-bond donors (Lipinski definition) is 2. The summed E-state index contributed by atoms with van der Waals surface area (Å²) in [4.78, 5) is 14.2. The van der Waals surface area contributed by atoms with Crippen LogP contribution in [-0.2, 0) is 17.9 Å². The van der Waals surface area contributed by atoms with Crippen LogP contribution in [0.5, 0.6) is 0 Å². The van der Waals surface area contributed by atoms with Gasteiger partial charge in [-0.1, -0.05) is 30.7 Å². The summed E-state index contributed by atoms with van der Waals surface area (Å²) in [7, 11) is 1.71. The Morgan fingerprint density at radius 2 is 2.00 bits per heavy atom. The summed E-state index contributed by atoms with van der Waals surface area (Å²) in [6.45, 7) is 2.41. The Morgan fingerprint density at radius 3 is 2.63 bits per heavy atom. The van der Waals surface area contributed by atoms with Crippen LogP contribution in [0.15, 0.2) is 24.3 Å². The lowest BCUT2D eigenvalue weighted by atomic mass is 10.00. The first-order valence-electron chi connectivity index (χ1n) is 6.98. The van der Waals surface area contributed by atoms with E-state index in [-0.39, 0.29) is 11.9 Å². The molecular weight excluding hydrogens is 238 g/mol. The predicted octanol–water partition coefficient (Wildman–Crippen LogP) is 1.25. The van der Waals surface area contributed by atoms with Crippen molar-refractivity contribution < 1.29 is 4.79 Å². The second-order valence-corrected chi connectivity index (χ2v) is 5.12. The van der Waals surface area contributed by atoms with Crippen molar-refractivity contribution in [1.29, 1.82) is 0 Å². The fourth-order valence-electron chi connectivity index (χ4n) is 2.66. The van der Waals surface area contributed by atoms with Crippen molar-refractivity contribution in [3.63, 3.8) is 0 Å². The zero-order valence-electron chi connectivity index (χ0n) is 11.6. The Hall–Kier alpha value is -1.39. The van der Waals surface area contributed by atoms with Crippen LogP contribution >= 0.6 is 0 Å². The largest absolute Gasteiger partial charge is 0.358 e. The molecule has 0 radical (unpaired) electrons. The molecule has 1 amide bonds. The van der Waals surface area contributed by atoms with Crippen LogP contribution < -0.4 is 11.1 Å². The van der Waals surface area contributed by atoms with Crippen LogP contribution in [0.1, 0.15) is 30.4 Å². The van der Waals surface area contributed by atoms with Crippen LogP contribution in [0, 0.1) is 0 Å². The van der Waals surface area contributed by atoms with E-state index in [9.17, 15) is 4.79 Å². The molecule has 1 aliphatic heterocycles. The molecule has 2 rings (SSSR count). The second kappa shape index (κ2) is 6.68. The first-order valence-corrected chi connectivity index (χ1v) is 6.98. The summed E-state index contributed by atoms with van der Waals surface area (Å²) < 4.78 is 0. The minimum atomic E-state index is 0.0212. The monoisotopic (exact) mass is 261 g/mol. The summed E-state index contributed by atoms with van der Waals surface area (Å²) in [6.07, 6.45) is 3.27. The van der Waals surface area contributed by atoms with Gasteiger partial charge in [0.1, 0.15) is 0 Å². The standard InChI is InChI=1S/C15H23N3O/c1-17-15(19)14-4-2-3-9-18(14)11-13-7-5-12(10-16)6-8-13/h5-8,14H,2-4,9-11,16H2,1H3,(H,17,19). The third-order valence-corrected chi connectivity index (χ3v) is 3.81. The lowest BCUT2D eigenvalue weighted by molar-refractivity contribution is -0.127. The summed E-state index contributed by atoms with van der Waals surface area (Å²) in [6, 6.07) is 8.37. The van der Waals surface area contributed by atoms with Crippen LogP contribution in [0.25, 0.3) is 0 Å². The molecule has 0 spiro atoms. The van der Waals surface area contributed by atoms with E-state index in [0.29, 0.717) is 6.54 Å². The number of amides is 1. The minimum Gasteiger partial charge on any atom is -0.358 e. The highest BCUT2D eigenvalue weighted by Crippen LogP contribution is 2.20. The highest BCUT2D eigenvalue weighted by molar-refractivity contribution is 5.81. The fourth-order valence-corrected chi connectivity index (χ4v) is 2.66. The lowest BCUT2D eigenvalue weighted by Crippen LogP contribution is -2.48. The predicted molar refractivity (Wildman–Crippen MR) is 76.4 cm³/mol. The maximum atomic E-state index is 11.9. The van der Waals surface area contributed by atoms with Gasteiger partial charge in [-0.2, -0.15) is 0 Å². The topological polar surface area (TPSA) is 58.4 Å². The summed E-state index contributed by atoms with van der Waals surface area (Å²) >= 11 is 0. The van der Waals surface area contributed by atoms with Crippen LogP contribution in [0.4, 0.5) is 0 Å². The van der Waals surface area contributed by atoms with E-state index in [1.807, 2.05) is 0 Å². The van der Waals surface area contributed by atoms with Gasteiger partial charge >= 0.3 is 0 Å². The molecule has 4 nitrogen and oxygen atoms in total. The molecule has 1 fully saturated rings. The number of rotatable bonds is 4. The molecule has 1 atom stereocenters.